The molecule has 1 N–H and O–H groups in total. The lowest BCUT2D eigenvalue weighted by Crippen LogP contribution is -2.45. The fourth-order valence-corrected chi connectivity index (χ4v) is 5.02. The molecule has 5 nitrogen and oxygen atoms in total. The van der Waals surface area contributed by atoms with E-state index in [2.05, 4.69) is 0 Å². The number of likely N-dealkylation sites (tertiary alicyclic amines) is 1. The van der Waals surface area contributed by atoms with Crippen molar-refractivity contribution < 1.29 is 19.4 Å². The van der Waals surface area contributed by atoms with Gasteiger partial charge in [-0.1, -0.05) is 12.8 Å². The average Bonchev–Trinajstić information content (AvgIpc) is 2.85. The Hall–Kier alpha value is -1.10. The van der Waals surface area contributed by atoms with Crippen molar-refractivity contribution >= 4 is 11.9 Å². The van der Waals surface area contributed by atoms with Crippen LogP contribution in [-0.2, 0) is 14.3 Å². The number of hydrogen-bond acceptors (Lipinski definition) is 3. The SMILES string of the molecule is O=C(C1CC12CCCC2)N1C[C@H]2COCC[C@@]2(C(=O)O)C1. The lowest BCUT2D eigenvalue weighted by atomic mass is 9.74. The third-order valence-electron chi connectivity index (χ3n) is 6.53. The summed E-state index contributed by atoms with van der Waals surface area (Å²) in [5, 5.41) is 9.66. The molecule has 2 aliphatic heterocycles. The molecule has 116 valence electrons. The summed E-state index contributed by atoms with van der Waals surface area (Å²) in [7, 11) is 0. The molecule has 4 rings (SSSR count). The van der Waals surface area contributed by atoms with Gasteiger partial charge in [-0.15, -0.1) is 0 Å². The standard InChI is InChI=1S/C16H23NO4/c18-13(12-7-15(12)3-1-2-4-15)17-8-11-9-21-6-5-16(11,10-17)14(19)20/h11-12H,1-10H2,(H,19,20)/t11-,12?,16+/m0/s1. The molecule has 0 bridgehead atoms. The molecular formula is C16H23NO4. The van der Waals surface area contributed by atoms with Crippen molar-refractivity contribution in [2.24, 2.45) is 22.7 Å². The molecule has 0 aromatic rings. The van der Waals surface area contributed by atoms with Gasteiger partial charge in [-0.2, -0.15) is 0 Å². The lowest BCUT2D eigenvalue weighted by molar-refractivity contribution is -0.157. The van der Waals surface area contributed by atoms with Crippen LogP contribution in [0.3, 0.4) is 0 Å². The Kier molecular flexibility index (Phi) is 2.87. The van der Waals surface area contributed by atoms with Gasteiger partial charge in [0, 0.05) is 31.5 Å². The Labute approximate surface area is 124 Å². The maximum absolute atomic E-state index is 12.8. The number of nitrogens with zero attached hydrogens (tertiary/aromatic N) is 1. The molecule has 4 fully saturated rings. The fourth-order valence-electron chi connectivity index (χ4n) is 5.02. The third kappa shape index (κ3) is 1.86. The van der Waals surface area contributed by atoms with E-state index in [1.54, 1.807) is 0 Å². The van der Waals surface area contributed by atoms with E-state index in [4.69, 9.17) is 4.74 Å². The first kappa shape index (κ1) is 13.6. The molecular weight excluding hydrogens is 270 g/mol. The first-order valence-corrected chi connectivity index (χ1v) is 8.17. The summed E-state index contributed by atoms with van der Waals surface area (Å²) in [6.45, 7) is 1.93. The number of carbonyl (C=O) groups is 2. The van der Waals surface area contributed by atoms with E-state index >= 15 is 0 Å². The zero-order chi connectivity index (χ0) is 14.7. The van der Waals surface area contributed by atoms with Gasteiger partial charge in [-0.05, 0) is 31.1 Å². The highest BCUT2D eigenvalue weighted by Crippen LogP contribution is 2.63. The van der Waals surface area contributed by atoms with Crippen molar-refractivity contribution in [3.8, 4) is 0 Å². The number of carbonyl (C=O) groups excluding carboxylic acids is 1. The zero-order valence-electron chi connectivity index (χ0n) is 12.3. The Morgan fingerprint density at radius 3 is 2.62 bits per heavy atom. The van der Waals surface area contributed by atoms with Crippen LogP contribution in [0.1, 0.15) is 38.5 Å². The van der Waals surface area contributed by atoms with Gasteiger partial charge in [0.25, 0.3) is 0 Å². The van der Waals surface area contributed by atoms with Gasteiger partial charge in [0.1, 0.15) is 0 Å². The van der Waals surface area contributed by atoms with Crippen LogP contribution in [0.5, 0.6) is 0 Å². The molecule has 1 unspecified atom stereocenters. The summed E-state index contributed by atoms with van der Waals surface area (Å²) in [4.78, 5) is 26.4. The minimum Gasteiger partial charge on any atom is -0.481 e. The molecule has 0 aromatic heterocycles. The summed E-state index contributed by atoms with van der Waals surface area (Å²) >= 11 is 0. The highest BCUT2D eigenvalue weighted by molar-refractivity contribution is 5.85. The average molecular weight is 293 g/mol. The van der Waals surface area contributed by atoms with Crippen LogP contribution in [0, 0.1) is 22.7 Å². The number of carboxylic acid groups (broad SMARTS) is 1. The van der Waals surface area contributed by atoms with Gasteiger partial charge in [0.15, 0.2) is 0 Å². The Bertz CT molecular complexity index is 485. The van der Waals surface area contributed by atoms with E-state index in [0.717, 1.165) is 6.42 Å². The van der Waals surface area contributed by atoms with E-state index in [0.29, 0.717) is 32.7 Å². The largest absolute Gasteiger partial charge is 0.481 e. The molecule has 2 aliphatic carbocycles. The van der Waals surface area contributed by atoms with Crippen LogP contribution in [0.15, 0.2) is 0 Å². The van der Waals surface area contributed by atoms with Gasteiger partial charge >= 0.3 is 5.97 Å². The summed E-state index contributed by atoms with van der Waals surface area (Å²) in [5.41, 5.74) is -0.469. The van der Waals surface area contributed by atoms with E-state index < -0.39 is 11.4 Å². The molecule has 0 aromatic carbocycles. The van der Waals surface area contributed by atoms with Crippen LogP contribution >= 0.6 is 0 Å². The maximum atomic E-state index is 12.8. The van der Waals surface area contributed by atoms with Gasteiger partial charge in [0.2, 0.25) is 5.91 Å². The Balaban J connectivity index is 1.50. The molecule has 2 saturated heterocycles. The number of rotatable bonds is 2. The molecule has 2 heterocycles. The lowest BCUT2D eigenvalue weighted by Gasteiger charge is -2.33. The van der Waals surface area contributed by atoms with Crippen molar-refractivity contribution in [3.63, 3.8) is 0 Å². The monoisotopic (exact) mass is 293 g/mol. The second-order valence-corrected chi connectivity index (χ2v) is 7.53. The highest BCUT2D eigenvalue weighted by Gasteiger charge is 2.62. The number of hydrogen-bond donors (Lipinski definition) is 1. The van der Waals surface area contributed by atoms with Gasteiger partial charge < -0.3 is 14.7 Å². The smallest absolute Gasteiger partial charge is 0.311 e. The maximum Gasteiger partial charge on any atom is 0.311 e. The quantitative estimate of drug-likeness (QED) is 0.838. The van der Waals surface area contributed by atoms with Gasteiger partial charge in [-0.25, -0.2) is 0 Å². The Morgan fingerprint density at radius 1 is 1.19 bits per heavy atom. The minimum absolute atomic E-state index is 0.0361. The summed E-state index contributed by atoms with van der Waals surface area (Å²) in [6, 6.07) is 0. The summed E-state index contributed by atoms with van der Waals surface area (Å²) in [6.07, 6.45) is 6.44. The van der Waals surface area contributed by atoms with Gasteiger partial charge in [-0.3, -0.25) is 9.59 Å². The van der Waals surface area contributed by atoms with E-state index in [9.17, 15) is 14.7 Å². The van der Waals surface area contributed by atoms with Crippen molar-refractivity contribution in [1.29, 1.82) is 0 Å². The predicted octanol–water partition coefficient (Wildman–Crippen LogP) is 1.52. The van der Waals surface area contributed by atoms with Crippen LogP contribution in [0.2, 0.25) is 0 Å². The van der Waals surface area contributed by atoms with Crippen LogP contribution < -0.4 is 0 Å². The normalized spacial score (nSPS) is 40.3. The molecule has 4 aliphatic rings. The number of aliphatic carboxylic acids is 1. The second-order valence-electron chi connectivity index (χ2n) is 7.53. The van der Waals surface area contributed by atoms with E-state index in [1.165, 1.54) is 25.7 Å². The number of ether oxygens (including phenoxy) is 1. The molecule has 1 amide bonds. The molecule has 21 heavy (non-hydrogen) atoms. The van der Waals surface area contributed by atoms with Crippen molar-refractivity contribution in [2.75, 3.05) is 26.3 Å². The molecule has 0 radical (unpaired) electrons. The van der Waals surface area contributed by atoms with Crippen LogP contribution in [0.25, 0.3) is 0 Å². The van der Waals surface area contributed by atoms with Crippen LogP contribution in [-0.4, -0.2) is 48.2 Å². The summed E-state index contributed by atoms with van der Waals surface area (Å²) in [5.74, 6) is -0.401. The third-order valence-corrected chi connectivity index (χ3v) is 6.53. The number of fused-ring (bicyclic) bond motifs is 1. The number of carboxylic acids is 1. The predicted molar refractivity (Wildman–Crippen MR) is 74.6 cm³/mol. The second kappa shape index (κ2) is 4.45. The van der Waals surface area contributed by atoms with Crippen molar-refractivity contribution in [1.82, 2.24) is 4.90 Å². The summed E-state index contributed by atoms with van der Waals surface area (Å²) < 4.78 is 5.45. The van der Waals surface area contributed by atoms with Crippen molar-refractivity contribution in [2.45, 2.75) is 38.5 Å². The minimum atomic E-state index is -0.758. The zero-order valence-corrected chi connectivity index (χ0v) is 12.3. The first-order chi connectivity index (χ1) is 10.1. The van der Waals surface area contributed by atoms with E-state index in [1.807, 2.05) is 4.90 Å². The highest BCUT2D eigenvalue weighted by atomic mass is 16.5. The van der Waals surface area contributed by atoms with Gasteiger partial charge in [0.05, 0.1) is 12.0 Å². The molecule has 2 saturated carbocycles. The Morgan fingerprint density at radius 2 is 1.95 bits per heavy atom. The first-order valence-electron chi connectivity index (χ1n) is 8.17. The van der Waals surface area contributed by atoms with E-state index in [-0.39, 0.29) is 23.2 Å². The fraction of sp³-hybridized carbons (Fsp3) is 0.875. The molecule has 5 heteroatoms. The molecule has 3 atom stereocenters. The number of amides is 1. The topological polar surface area (TPSA) is 66.8 Å². The van der Waals surface area contributed by atoms with Crippen molar-refractivity contribution in [3.05, 3.63) is 0 Å². The molecule has 1 spiro atoms. The van der Waals surface area contributed by atoms with Crippen LogP contribution in [0.4, 0.5) is 0 Å².